The van der Waals surface area contributed by atoms with Gasteiger partial charge in [-0.1, -0.05) is 11.1 Å². The van der Waals surface area contributed by atoms with E-state index in [0.717, 1.165) is 12.8 Å². The first kappa shape index (κ1) is 16.5. The van der Waals surface area contributed by atoms with Crippen LogP contribution < -0.4 is 0 Å². The number of allylic oxidation sites excluding steroid dienone is 8. The predicted molar refractivity (Wildman–Crippen MR) is 91.2 cm³/mol. The Hall–Kier alpha value is -0.903. The van der Waals surface area contributed by atoms with E-state index < -0.39 is 8.56 Å². The number of hydrogen-bond donors (Lipinski definition) is 0. The van der Waals surface area contributed by atoms with Crippen molar-refractivity contribution in [3.8, 4) is 0 Å². The highest BCUT2D eigenvalue weighted by atomic mass is 28.4. The van der Waals surface area contributed by atoms with Gasteiger partial charge in [0.05, 0.1) is 0 Å². The lowest BCUT2D eigenvalue weighted by Crippen LogP contribution is -2.46. The lowest BCUT2D eigenvalue weighted by atomic mass is 10.1. The van der Waals surface area contributed by atoms with Crippen LogP contribution in [0.25, 0.3) is 0 Å². The second kappa shape index (κ2) is 5.71. The minimum atomic E-state index is -2.49. The summed E-state index contributed by atoms with van der Waals surface area (Å²) in [5.41, 5.74) is 8.48. The molecule has 2 nitrogen and oxygen atoms in total. The highest BCUT2D eigenvalue weighted by molar-refractivity contribution is 6.82. The maximum atomic E-state index is 6.14. The summed E-state index contributed by atoms with van der Waals surface area (Å²) in [7, 11) is 1.15. The molecule has 0 aliphatic heterocycles. The summed E-state index contributed by atoms with van der Waals surface area (Å²) in [6.07, 6.45) is 2.00. The van der Waals surface area contributed by atoms with Crippen molar-refractivity contribution in [1.82, 2.24) is 0 Å². The van der Waals surface area contributed by atoms with Crippen molar-refractivity contribution < 1.29 is 8.85 Å². The molecule has 0 aromatic carbocycles. The predicted octanol–water partition coefficient (Wildman–Crippen LogP) is 4.91. The molecule has 0 aromatic rings. The highest BCUT2D eigenvalue weighted by Crippen LogP contribution is 2.45. The van der Waals surface area contributed by atoms with Gasteiger partial charge in [0.1, 0.15) is 0 Å². The Bertz CT molecular complexity index is 549. The van der Waals surface area contributed by atoms with Crippen LogP contribution in [0, 0.1) is 0 Å². The third kappa shape index (κ3) is 2.32. The molecule has 0 spiro atoms. The molecule has 0 bridgehead atoms. The second-order valence-electron chi connectivity index (χ2n) is 6.40. The lowest BCUT2D eigenvalue weighted by molar-refractivity contribution is 0.260. The fourth-order valence-corrected chi connectivity index (χ4v) is 7.51. The molecule has 0 saturated heterocycles. The van der Waals surface area contributed by atoms with Crippen molar-refractivity contribution >= 4 is 8.56 Å². The van der Waals surface area contributed by atoms with Crippen molar-refractivity contribution in [2.24, 2.45) is 0 Å². The van der Waals surface area contributed by atoms with Gasteiger partial charge < -0.3 is 8.85 Å². The van der Waals surface area contributed by atoms with Crippen LogP contribution in [0.4, 0.5) is 0 Å². The van der Waals surface area contributed by atoms with Crippen molar-refractivity contribution in [2.75, 3.05) is 14.2 Å². The van der Waals surface area contributed by atoms with E-state index in [-0.39, 0.29) is 0 Å². The Morgan fingerprint density at radius 1 is 0.619 bits per heavy atom. The van der Waals surface area contributed by atoms with Crippen LogP contribution in [0.3, 0.4) is 0 Å². The molecule has 116 valence electrons. The molecule has 0 heterocycles. The van der Waals surface area contributed by atoms with Crippen LogP contribution >= 0.6 is 0 Å². The topological polar surface area (TPSA) is 18.5 Å². The molecule has 0 aromatic heterocycles. The van der Waals surface area contributed by atoms with Gasteiger partial charge in [0.2, 0.25) is 0 Å². The maximum Gasteiger partial charge on any atom is 0.399 e. The van der Waals surface area contributed by atoms with Gasteiger partial charge in [-0.05, 0) is 87.1 Å². The summed E-state index contributed by atoms with van der Waals surface area (Å²) < 4.78 is 12.3. The smallest absolute Gasteiger partial charge is 0.391 e. The fourth-order valence-electron chi connectivity index (χ4n) is 3.64. The number of hydrogen-bond acceptors (Lipinski definition) is 2. The van der Waals surface area contributed by atoms with Gasteiger partial charge in [0, 0.05) is 14.2 Å². The van der Waals surface area contributed by atoms with Crippen LogP contribution in [0.15, 0.2) is 43.8 Å². The average molecular weight is 305 g/mol. The van der Waals surface area contributed by atoms with E-state index in [9.17, 15) is 0 Å². The molecule has 2 rings (SSSR count). The van der Waals surface area contributed by atoms with Gasteiger partial charge >= 0.3 is 8.56 Å². The molecule has 0 radical (unpaired) electrons. The summed E-state index contributed by atoms with van der Waals surface area (Å²) in [4.78, 5) is 0. The maximum absolute atomic E-state index is 6.14. The summed E-state index contributed by atoms with van der Waals surface area (Å²) >= 11 is 0. The zero-order chi connectivity index (χ0) is 15.9. The SMILES string of the molecule is CO[Si](OC)(C1=C(C)C(C)=C(C)C1)C1=C(C)C(C)=C(C)C1. The molecule has 0 saturated carbocycles. The Morgan fingerprint density at radius 2 is 0.952 bits per heavy atom. The van der Waals surface area contributed by atoms with E-state index in [1.165, 1.54) is 43.8 Å². The van der Waals surface area contributed by atoms with Crippen molar-refractivity contribution in [1.29, 1.82) is 0 Å². The Labute approximate surface area is 130 Å². The van der Waals surface area contributed by atoms with Crippen LogP contribution in [-0.4, -0.2) is 22.8 Å². The van der Waals surface area contributed by atoms with Crippen molar-refractivity contribution in [3.63, 3.8) is 0 Å². The van der Waals surface area contributed by atoms with Crippen molar-refractivity contribution in [2.45, 2.75) is 54.4 Å². The molecule has 3 heteroatoms. The molecule has 2 aliphatic rings. The van der Waals surface area contributed by atoms with Gasteiger partial charge in [-0.3, -0.25) is 0 Å². The molecule has 0 fully saturated rings. The standard InChI is InChI=1S/C18H28O2Si/c1-11-9-17(15(5)13(11)3)21(19-7,20-8)18-10-12(2)14(4)16(18)6/h9-10H2,1-8H3. The first-order chi connectivity index (χ1) is 9.80. The summed E-state index contributed by atoms with van der Waals surface area (Å²) in [5, 5.41) is 2.80. The minimum Gasteiger partial charge on any atom is -0.391 e. The van der Waals surface area contributed by atoms with Gasteiger partial charge in [-0.25, -0.2) is 0 Å². The molecule has 0 atom stereocenters. The lowest BCUT2D eigenvalue weighted by Gasteiger charge is -2.32. The molecule has 21 heavy (non-hydrogen) atoms. The van der Waals surface area contributed by atoms with Gasteiger partial charge in [-0.2, -0.15) is 0 Å². The van der Waals surface area contributed by atoms with Crippen LogP contribution in [0.5, 0.6) is 0 Å². The van der Waals surface area contributed by atoms with E-state index in [1.807, 2.05) is 14.2 Å². The fraction of sp³-hybridized carbons (Fsp3) is 0.556. The number of rotatable bonds is 4. The first-order valence-electron chi connectivity index (χ1n) is 7.64. The van der Waals surface area contributed by atoms with Gasteiger partial charge in [-0.15, -0.1) is 0 Å². The summed E-state index contributed by atoms with van der Waals surface area (Å²) in [6, 6.07) is 0. The zero-order valence-electron chi connectivity index (χ0n) is 14.7. The third-order valence-corrected chi connectivity index (χ3v) is 9.41. The van der Waals surface area contributed by atoms with E-state index in [1.54, 1.807) is 0 Å². The summed E-state index contributed by atoms with van der Waals surface area (Å²) in [5.74, 6) is 0. The van der Waals surface area contributed by atoms with Crippen LogP contribution in [0.1, 0.15) is 54.4 Å². The molecule has 2 aliphatic carbocycles. The highest BCUT2D eigenvalue weighted by Gasteiger charge is 2.49. The average Bonchev–Trinajstić information content (AvgIpc) is 2.88. The monoisotopic (exact) mass is 304 g/mol. The third-order valence-electron chi connectivity index (χ3n) is 5.56. The largest absolute Gasteiger partial charge is 0.399 e. The quantitative estimate of drug-likeness (QED) is 0.687. The second-order valence-corrected chi connectivity index (χ2v) is 9.65. The molecular formula is C18H28O2Si. The van der Waals surface area contributed by atoms with Gasteiger partial charge in [0.15, 0.2) is 0 Å². The Kier molecular flexibility index (Phi) is 4.48. The van der Waals surface area contributed by atoms with Crippen LogP contribution in [-0.2, 0) is 8.85 Å². The minimum absolute atomic E-state index is 1.00. The zero-order valence-corrected chi connectivity index (χ0v) is 15.7. The molecular weight excluding hydrogens is 276 g/mol. The van der Waals surface area contributed by atoms with Crippen LogP contribution in [0.2, 0.25) is 0 Å². The molecule has 0 unspecified atom stereocenters. The molecule has 0 amide bonds. The molecule has 0 N–H and O–H groups in total. The normalized spacial score (nSPS) is 20.6. The van der Waals surface area contributed by atoms with Crippen molar-refractivity contribution in [3.05, 3.63) is 43.8 Å². The Balaban J connectivity index is 2.56. The van der Waals surface area contributed by atoms with E-state index in [4.69, 9.17) is 8.85 Å². The van der Waals surface area contributed by atoms with E-state index in [0.29, 0.717) is 0 Å². The summed E-state index contributed by atoms with van der Waals surface area (Å²) in [6.45, 7) is 13.3. The van der Waals surface area contributed by atoms with E-state index in [2.05, 4.69) is 41.5 Å². The van der Waals surface area contributed by atoms with Gasteiger partial charge in [0.25, 0.3) is 0 Å². The Morgan fingerprint density at radius 3 is 1.14 bits per heavy atom. The van der Waals surface area contributed by atoms with E-state index >= 15 is 0 Å². The first-order valence-corrected chi connectivity index (χ1v) is 9.46.